The SMILES string of the molecule is Cc1ccc2c(c1)c1ncn(Cc3ccccc3)c(=O)c1n2CC(=O)NCc1ccccc1Cl. The summed E-state index contributed by atoms with van der Waals surface area (Å²) in [7, 11) is 0. The Bertz CT molecular complexity index is 1570. The van der Waals surface area contributed by atoms with Gasteiger partial charge in [0.05, 0.1) is 18.4 Å². The van der Waals surface area contributed by atoms with E-state index in [-0.39, 0.29) is 18.0 Å². The van der Waals surface area contributed by atoms with Crippen LogP contribution in [0.1, 0.15) is 16.7 Å². The van der Waals surface area contributed by atoms with Crippen LogP contribution in [0, 0.1) is 6.92 Å². The van der Waals surface area contributed by atoms with E-state index in [9.17, 15) is 9.59 Å². The van der Waals surface area contributed by atoms with Gasteiger partial charge in [0.15, 0.2) is 0 Å². The Morgan fingerprint density at radius 2 is 1.79 bits per heavy atom. The lowest BCUT2D eigenvalue weighted by Crippen LogP contribution is -2.29. The summed E-state index contributed by atoms with van der Waals surface area (Å²) in [6, 6.07) is 23.1. The number of rotatable bonds is 6. The molecule has 0 saturated carbocycles. The first-order chi connectivity index (χ1) is 16.5. The van der Waals surface area contributed by atoms with Gasteiger partial charge in [0, 0.05) is 17.0 Å². The van der Waals surface area contributed by atoms with Crippen LogP contribution < -0.4 is 10.9 Å². The van der Waals surface area contributed by atoms with Gasteiger partial charge in [-0.15, -0.1) is 0 Å². The zero-order valence-electron chi connectivity index (χ0n) is 18.7. The molecule has 0 unspecified atom stereocenters. The van der Waals surface area contributed by atoms with Crippen LogP contribution in [0.4, 0.5) is 0 Å². The van der Waals surface area contributed by atoms with E-state index in [1.165, 1.54) is 0 Å². The molecule has 5 rings (SSSR count). The molecule has 0 aliphatic heterocycles. The van der Waals surface area contributed by atoms with Crippen LogP contribution in [0.15, 0.2) is 83.9 Å². The topological polar surface area (TPSA) is 68.9 Å². The molecule has 2 heterocycles. The largest absolute Gasteiger partial charge is 0.350 e. The minimum atomic E-state index is -0.211. The molecular formula is C27H23ClN4O2. The van der Waals surface area contributed by atoms with Crippen molar-refractivity contribution >= 4 is 39.4 Å². The second-order valence-corrected chi connectivity index (χ2v) is 8.74. The number of nitrogens with one attached hydrogen (secondary N) is 1. The summed E-state index contributed by atoms with van der Waals surface area (Å²) in [6.45, 7) is 2.71. The van der Waals surface area contributed by atoms with Crippen LogP contribution >= 0.6 is 11.6 Å². The molecule has 3 aromatic carbocycles. The number of hydrogen-bond acceptors (Lipinski definition) is 3. The fourth-order valence-corrected chi connectivity index (χ4v) is 4.41. The molecule has 6 nitrogen and oxygen atoms in total. The van der Waals surface area contributed by atoms with Gasteiger partial charge in [-0.1, -0.05) is 71.8 Å². The van der Waals surface area contributed by atoms with Gasteiger partial charge in [-0.05, 0) is 36.2 Å². The molecule has 0 aliphatic rings. The lowest BCUT2D eigenvalue weighted by Gasteiger charge is -2.10. The normalized spacial score (nSPS) is 11.2. The van der Waals surface area contributed by atoms with E-state index in [0.717, 1.165) is 27.6 Å². The van der Waals surface area contributed by atoms with Crippen molar-refractivity contribution in [1.82, 2.24) is 19.4 Å². The van der Waals surface area contributed by atoms with Crippen molar-refractivity contribution in [2.45, 2.75) is 26.6 Å². The Kier molecular flexibility index (Phi) is 5.90. The number of aryl methyl sites for hydroxylation is 1. The number of aromatic nitrogens is 3. The number of amides is 1. The molecule has 1 N–H and O–H groups in total. The first-order valence-corrected chi connectivity index (χ1v) is 11.4. The summed E-state index contributed by atoms with van der Waals surface area (Å²) in [4.78, 5) is 31.1. The predicted octanol–water partition coefficient (Wildman–Crippen LogP) is 4.68. The lowest BCUT2D eigenvalue weighted by molar-refractivity contribution is -0.121. The maximum Gasteiger partial charge on any atom is 0.278 e. The van der Waals surface area contributed by atoms with Gasteiger partial charge in [0.2, 0.25) is 5.91 Å². The van der Waals surface area contributed by atoms with Crippen LogP contribution in [0.5, 0.6) is 0 Å². The quantitative estimate of drug-likeness (QED) is 0.392. The second-order valence-electron chi connectivity index (χ2n) is 8.34. The number of nitrogens with zero attached hydrogens (tertiary/aromatic N) is 3. The molecule has 34 heavy (non-hydrogen) atoms. The fourth-order valence-electron chi connectivity index (χ4n) is 4.21. The molecule has 0 saturated heterocycles. The van der Waals surface area contributed by atoms with E-state index in [1.807, 2.05) is 73.7 Å². The smallest absolute Gasteiger partial charge is 0.278 e. The average Bonchev–Trinajstić information content (AvgIpc) is 3.14. The van der Waals surface area contributed by atoms with Crippen molar-refractivity contribution in [2.75, 3.05) is 0 Å². The zero-order chi connectivity index (χ0) is 23.7. The number of benzene rings is 3. The number of carbonyl (C=O) groups is 1. The standard InChI is InChI=1S/C27H23ClN4O2/c1-18-11-12-23-21(13-18)25-26(27(34)31(17-30-25)15-19-7-3-2-4-8-19)32(23)16-24(33)29-14-20-9-5-6-10-22(20)28/h2-13,17H,14-16H2,1H3,(H,29,33). The zero-order valence-corrected chi connectivity index (χ0v) is 19.4. The second kappa shape index (κ2) is 9.15. The predicted molar refractivity (Wildman–Crippen MR) is 135 cm³/mol. The van der Waals surface area contributed by atoms with Crippen molar-refractivity contribution in [3.63, 3.8) is 0 Å². The highest BCUT2D eigenvalue weighted by molar-refractivity contribution is 6.31. The maximum absolute atomic E-state index is 13.6. The summed E-state index contributed by atoms with van der Waals surface area (Å²) in [6.07, 6.45) is 1.58. The Labute approximate surface area is 201 Å². The molecule has 7 heteroatoms. The van der Waals surface area contributed by atoms with Crippen LogP contribution in [0.25, 0.3) is 21.9 Å². The van der Waals surface area contributed by atoms with E-state index in [0.29, 0.717) is 29.1 Å². The lowest BCUT2D eigenvalue weighted by atomic mass is 10.1. The molecule has 1 amide bonds. The number of carbonyl (C=O) groups excluding carboxylic acids is 1. The Morgan fingerprint density at radius 3 is 2.59 bits per heavy atom. The third-order valence-electron chi connectivity index (χ3n) is 5.91. The van der Waals surface area contributed by atoms with Gasteiger partial charge in [0.25, 0.3) is 5.56 Å². The van der Waals surface area contributed by atoms with E-state index < -0.39 is 0 Å². The van der Waals surface area contributed by atoms with E-state index in [2.05, 4.69) is 10.3 Å². The van der Waals surface area contributed by atoms with Crippen LogP contribution in [0.2, 0.25) is 5.02 Å². The molecule has 0 atom stereocenters. The van der Waals surface area contributed by atoms with Gasteiger partial charge in [-0.2, -0.15) is 0 Å². The summed E-state index contributed by atoms with van der Waals surface area (Å²) in [5.41, 5.74) is 4.55. The molecule has 5 aromatic rings. The third-order valence-corrected chi connectivity index (χ3v) is 6.28. The average molecular weight is 471 g/mol. The molecule has 0 spiro atoms. The minimum Gasteiger partial charge on any atom is -0.350 e. The number of fused-ring (bicyclic) bond motifs is 3. The summed E-state index contributed by atoms with van der Waals surface area (Å²) in [5.74, 6) is -0.211. The summed E-state index contributed by atoms with van der Waals surface area (Å²) in [5, 5.41) is 4.38. The van der Waals surface area contributed by atoms with Gasteiger partial charge in [0.1, 0.15) is 17.6 Å². The first kappa shape index (κ1) is 21.9. The van der Waals surface area contributed by atoms with Crippen LogP contribution in [-0.4, -0.2) is 20.0 Å². The molecule has 2 aromatic heterocycles. The minimum absolute atomic E-state index is 0.000214. The van der Waals surface area contributed by atoms with E-state index >= 15 is 0 Å². The van der Waals surface area contributed by atoms with Gasteiger partial charge in [-0.25, -0.2) is 4.98 Å². The molecule has 170 valence electrons. The van der Waals surface area contributed by atoms with Gasteiger partial charge in [-0.3, -0.25) is 14.2 Å². The summed E-state index contributed by atoms with van der Waals surface area (Å²) >= 11 is 6.22. The molecule has 0 bridgehead atoms. The van der Waals surface area contributed by atoms with Gasteiger partial charge < -0.3 is 9.88 Å². The third kappa shape index (κ3) is 4.20. The van der Waals surface area contributed by atoms with Crippen molar-refractivity contribution in [3.8, 4) is 0 Å². The van der Waals surface area contributed by atoms with Gasteiger partial charge >= 0.3 is 0 Å². The van der Waals surface area contributed by atoms with Crippen molar-refractivity contribution in [1.29, 1.82) is 0 Å². The van der Waals surface area contributed by atoms with Crippen LogP contribution in [-0.2, 0) is 24.4 Å². The van der Waals surface area contributed by atoms with Crippen molar-refractivity contribution in [3.05, 3.63) is 111 Å². The summed E-state index contributed by atoms with van der Waals surface area (Å²) < 4.78 is 3.35. The molecular weight excluding hydrogens is 448 g/mol. The molecule has 0 aliphatic carbocycles. The highest BCUT2D eigenvalue weighted by atomic mass is 35.5. The highest BCUT2D eigenvalue weighted by Crippen LogP contribution is 2.26. The monoisotopic (exact) mass is 470 g/mol. The highest BCUT2D eigenvalue weighted by Gasteiger charge is 2.19. The van der Waals surface area contributed by atoms with Crippen molar-refractivity contribution in [2.24, 2.45) is 0 Å². The Hall–Kier alpha value is -3.90. The Balaban J connectivity index is 1.54. The Morgan fingerprint density at radius 1 is 1.03 bits per heavy atom. The fraction of sp³-hybridized carbons (Fsp3) is 0.148. The first-order valence-electron chi connectivity index (χ1n) is 11.0. The maximum atomic E-state index is 13.6. The van der Waals surface area contributed by atoms with E-state index in [1.54, 1.807) is 21.5 Å². The molecule has 0 radical (unpaired) electrons. The number of hydrogen-bond donors (Lipinski definition) is 1. The van der Waals surface area contributed by atoms with Crippen molar-refractivity contribution < 1.29 is 4.79 Å². The molecule has 0 fully saturated rings. The number of halogens is 1. The van der Waals surface area contributed by atoms with Crippen LogP contribution in [0.3, 0.4) is 0 Å². The van der Waals surface area contributed by atoms with E-state index in [4.69, 9.17) is 11.6 Å².